The van der Waals surface area contributed by atoms with Gasteiger partial charge < -0.3 is 4.74 Å². The quantitative estimate of drug-likeness (QED) is 0.618. The van der Waals surface area contributed by atoms with Crippen molar-refractivity contribution in [3.63, 3.8) is 0 Å². The van der Waals surface area contributed by atoms with Crippen molar-refractivity contribution in [1.29, 1.82) is 0 Å². The first kappa shape index (κ1) is 15.2. The molecule has 1 aromatic carbocycles. The standard InChI is InChI=1S/C16H19BrO3/c1-10(13-4-3-5-14(13)16(19)20-2)15(18)11-6-8-12(17)9-7-11/h6-10,13-14H,3-5H2,1-2H3/t10-,13+,14-/m0/s1. The molecule has 0 aliphatic heterocycles. The number of carbonyl (C=O) groups is 2. The highest BCUT2D eigenvalue weighted by molar-refractivity contribution is 9.10. The van der Waals surface area contributed by atoms with Crippen LogP contribution >= 0.6 is 15.9 Å². The van der Waals surface area contributed by atoms with E-state index in [2.05, 4.69) is 15.9 Å². The lowest BCUT2D eigenvalue weighted by Crippen LogP contribution is -2.29. The first-order valence-corrected chi connectivity index (χ1v) is 7.71. The monoisotopic (exact) mass is 338 g/mol. The predicted molar refractivity (Wildman–Crippen MR) is 80.5 cm³/mol. The maximum absolute atomic E-state index is 12.5. The van der Waals surface area contributed by atoms with E-state index in [0.717, 1.165) is 23.7 Å². The first-order valence-electron chi connectivity index (χ1n) is 6.92. The molecule has 0 heterocycles. The minimum Gasteiger partial charge on any atom is -0.469 e. The third-order valence-corrected chi connectivity index (χ3v) is 4.79. The predicted octanol–water partition coefficient (Wildman–Crippen LogP) is 3.86. The van der Waals surface area contributed by atoms with E-state index in [4.69, 9.17) is 4.74 Å². The Labute approximate surface area is 127 Å². The smallest absolute Gasteiger partial charge is 0.308 e. The second-order valence-corrected chi connectivity index (χ2v) is 6.30. The minimum absolute atomic E-state index is 0.0959. The zero-order valence-electron chi connectivity index (χ0n) is 11.8. The van der Waals surface area contributed by atoms with Crippen molar-refractivity contribution < 1.29 is 14.3 Å². The topological polar surface area (TPSA) is 43.4 Å². The van der Waals surface area contributed by atoms with Gasteiger partial charge in [-0.05, 0) is 30.9 Å². The van der Waals surface area contributed by atoms with Gasteiger partial charge in [-0.3, -0.25) is 9.59 Å². The van der Waals surface area contributed by atoms with Gasteiger partial charge in [-0.15, -0.1) is 0 Å². The number of hydrogen-bond donors (Lipinski definition) is 0. The molecule has 1 saturated carbocycles. The Morgan fingerprint density at radius 2 is 1.90 bits per heavy atom. The van der Waals surface area contributed by atoms with Crippen LogP contribution in [0.1, 0.15) is 36.5 Å². The number of carbonyl (C=O) groups excluding carboxylic acids is 2. The van der Waals surface area contributed by atoms with Gasteiger partial charge in [0.05, 0.1) is 13.0 Å². The summed E-state index contributed by atoms with van der Waals surface area (Å²) in [5, 5.41) is 0. The molecule has 0 bridgehead atoms. The fourth-order valence-corrected chi connectivity index (χ4v) is 3.37. The molecule has 3 nitrogen and oxygen atoms in total. The number of rotatable bonds is 4. The van der Waals surface area contributed by atoms with Crippen molar-refractivity contribution in [2.75, 3.05) is 7.11 Å². The lowest BCUT2D eigenvalue weighted by Gasteiger charge is -2.23. The van der Waals surface area contributed by atoms with Gasteiger partial charge in [-0.2, -0.15) is 0 Å². The van der Waals surface area contributed by atoms with Gasteiger partial charge in [-0.1, -0.05) is 41.4 Å². The molecule has 1 aromatic rings. The van der Waals surface area contributed by atoms with Crippen LogP contribution in [0.3, 0.4) is 0 Å². The number of ether oxygens (including phenoxy) is 1. The van der Waals surface area contributed by atoms with Gasteiger partial charge in [0.15, 0.2) is 5.78 Å². The Morgan fingerprint density at radius 3 is 2.50 bits per heavy atom. The Hall–Kier alpha value is -1.16. The largest absolute Gasteiger partial charge is 0.469 e. The van der Waals surface area contributed by atoms with Crippen LogP contribution in [-0.4, -0.2) is 18.9 Å². The molecular formula is C16H19BrO3. The molecule has 3 atom stereocenters. The van der Waals surface area contributed by atoms with E-state index in [1.165, 1.54) is 7.11 Å². The maximum Gasteiger partial charge on any atom is 0.308 e. The molecule has 1 aliphatic rings. The molecule has 1 fully saturated rings. The number of hydrogen-bond acceptors (Lipinski definition) is 3. The second kappa shape index (κ2) is 6.53. The summed E-state index contributed by atoms with van der Waals surface area (Å²) < 4.78 is 5.81. The van der Waals surface area contributed by atoms with Crippen molar-refractivity contribution in [2.24, 2.45) is 17.8 Å². The summed E-state index contributed by atoms with van der Waals surface area (Å²) in [7, 11) is 1.42. The highest BCUT2D eigenvalue weighted by atomic mass is 79.9. The Kier molecular flexibility index (Phi) is 4.97. The molecular weight excluding hydrogens is 320 g/mol. The van der Waals surface area contributed by atoms with E-state index in [1.807, 2.05) is 31.2 Å². The zero-order chi connectivity index (χ0) is 14.7. The summed E-state index contributed by atoms with van der Waals surface area (Å²) in [6, 6.07) is 7.38. The summed E-state index contributed by atoms with van der Waals surface area (Å²) in [5.41, 5.74) is 0.705. The molecule has 2 rings (SSSR count). The third kappa shape index (κ3) is 3.11. The fraction of sp³-hybridized carbons (Fsp3) is 0.500. The molecule has 108 valence electrons. The number of Topliss-reactive ketones (excluding diaryl/α,β-unsaturated/α-hetero) is 1. The van der Waals surface area contributed by atoms with Crippen LogP contribution in [0.15, 0.2) is 28.7 Å². The third-order valence-electron chi connectivity index (χ3n) is 4.26. The Morgan fingerprint density at radius 1 is 1.25 bits per heavy atom. The van der Waals surface area contributed by atoms with E-state index in [9.17, 15) is 9.59 Å². The molecule has 4 heteroatoms. The highest BCUT2D eigenvalue weighted by Gasteiger charge is 2.39. The molecule has 0 unspecified atom stereocenters. The Balaban J connectivity index is 2.13. The maximum atomic E-state index is 12.5. The molecule has 0 N–H and O–H groups in total. The molecule has 0 radical (unpaired) electrons. The Bertz CT molecular complexity index is 495. The van der Waals surface area contributed by atoms with Crippen molar-refractivity contribution >= 4 is 27.7 Å². The lowest BCUT2D eigenvalue weighted by atomic mass is 9.80. The lowest BCUT2D eigenvalue weighted by molar-refractivity contribution is -0.147. The summed E-state index contributed by atoms with van der Waals surface area (Å²) >= 11 is 3.36. The molecule has 1 aliphatic carbocycles. The summed E-state index contributed by atoms with van der Waals surface area (Å²) in [6.45, 7) is 1.93. The van der Waals surface area contributed by atoms with E-state index in [0.29, 0.717) is 5.56 Å². The molecule has 0 saturated heterocycles. The minimum atomic E-state index is -0.178. The second-order valence-electron chi connectivity index (χ2n) is 5.38. The van der Waals surface area contributed by atoms with E-state index in [-0.39, 0.29) is 29.5 Å². The highest BCUT2D eigenvalue weighted by Crippen LogP contribution is 2.39. The molecule has 20 heavy (non-hydrogen) atoms. The van der Waals surface area contributed by atoms with Crippen LogP contribution in [0.25, 0.3) is 0 Å². The van der Waals surface area contributed by atoms with E-state index < -0.39 is 0 Å². The van der Waals surface area contributed by atoms with Gasteiger partial charge in [-0.25, -0.2) is 0 Å². The average Bonchev–Trinajstić information content (AvgIpc) is 2.95. The van der Waals surface area contributed by atoms with Gasteiger partial charge in [0.25, 0.3) is 0 Å². The van der Waals surface area contributed by atoms with Crippen LogP contribution in [-0.2, 0) is 9.53 Å². The van der Waals surface area contributed by atoms with Crippen LogP contribution in [0.4, 0.5) is 0 Å². The van der Waals surface area contributed by atoms with Crippen molar-refractivity contribution in [3.8, 4) is 0 Å². The number of methoxy groups -OCH3 is 1. The van der Waals surface area contributed by atoms with Crippen molar-refractivity contribution in [1.82, 2.24) is 0 Å². The van der Waals surface area contributed by atoms with Gasteiger partial charge >= 0.3 is 5.97 Å². The van der Waals surface area contributed by atoms with Crippen LogP contribution in [0.5, 0.6) is 0 Å². The van der Waals surface area contributed by atoms with Crippen molar-refractivity contribution in [3.05, 3.63) is 34.3 Å². The number of ketones is 1. The zero-order valence-corrected chi connectivity index (χ0v) is 13.4. The fourth-order valence-electron chi connectivity index (χ4n) is 3.10. The number of benzene rings is 1. The van der Waals surface area contributed by atoms with Crippen LogP contribution in [0, 0.1) is 17.8 Å². The average molecular weight is 339 g/mol. The SMILES string of the molecule is COC(=O)[C@H]1CCC[C@@H]1[C@H](C)C(=O)c1ccc(Br)cc1. The number of halogens is 1. The first-order chi connectivity index (χ1) is 9.54. The summed E-state index contributed by atoms with van der Waals surface area (Å²) in [4.78, 5) is 24.3. The molecule has 0 amide bonds. The molecule has 0 aromatic heterocycles. The van der Waals surface area contributed by atoms with Crippen molar-refractivity contribution in [2.45, 2.75) is 26.2 Å². The van der Waals surface area contributed by atoms with Crippen LogP contribution in [0.2, 0.25) is 0 Å². The van der Waals surface area contributed by atoms with Gasteiger partial charge in [0, 0.05) is 16.0 Å². The summed E-state index contributed by atoms with van der Waals surface area (Å²) in [6.07, 6.45) is 2.74. The van der Waals surface area contributed by atoms with E-state index in [1.54, 1.807) is 0 Å². The number of esters is 1. The van der Waals surface area contributed by atoms with Gasteiger partial charge in [0.2, 0.25) is 0 Å². The molecule has 0 spiro atoms. The van der Waals surface area contributed by atoms with Gasteiger partial charge in [0.1, 0.15) is 0 Å². The van der Waals surface area contributed by atoms with E-state index >= 15 is 0 Å². The normalized spacial score (nSPS) is 23.4. The van der Waals surface area contributed by atoms with Crippen LogP contribution < -0.4 is 0 Å². The summed E-state index contributed by atoms with van der Waals surface area (Å²) in [5.74, 6) is -0.253.